The third kappa shape index (κ3) is 4.13. The average Bonchev–Trinajstić information content (AvgIpc) is 2.46. The van der Waals surface area contributed by atoms with Crippen LogP contribution in [0.5, 0.6) is 0 Å². The molecule has 0 aliphatic rings. The van der Waals surface area contributed by atoms with Crippen molar-refractivity contribution in [3.05, 3.63) is 63.7 Å². The molecular weight excluding hydrogens is 298 g/mol. The lowest BCUT2D eigenvalue weighted by Gasteiger charge is -2.08. The first-order valence-corrected chi connectivity index (χ1v) is 6.81. The molecule has 0 aromatic heterocycles. The molecular formula is C16H15N3O4. The molecule has 0 fully saturated rings. The predicted octanol–water partition coefficient (Wildman–Crippen LogP) is 3.11. The van der Waals surface area contributed by atoms with Crippen LogP contribution in [0.1, 0.15) is 22.8 Å². The number of hydrogen-bond acceptors (Lipinski definition) is 4. The predicted molar refractivity (Wildman–Crippen MR) is 86.5 cm³/mol. The van der Waals surface area contributed by atoms with Crippen LogP contribution in [0.25, 0.3) is 0 Å². The van der Waals surface area contributed by atoms with Crippen LogP contribution in [-0.2, 0) is 4.79 Å². The largest absolute Gasteiger partial charge is 0.326 e. The van der Waals surface area contributed by atoms with E-state index in [9.17, 15) is 19.7 Å². The van der Waals surface area contributed by atoms with Gasteiger partial charge in [0.2, 0.25) is 5.91 Å². The highest BCUT2D eigenvalue weighted by atomic mass is 16.6. The van der Waals surface area contributed by atoms with Crippen LogP contribution in [0, 0.1) is 17.0 Å². The molecule has 0 aliphatic heterocycles. The van der Waals surface area contributed by atoms with Gasteiger partial charge in [0.25, 0.3) is 11.6 Å². The Hall–Kier alpha value is -3.22. The van der Waals surface area contributed by atoms with Gasteiger partial charge in [0.05, 0.1) is 4.92 Å². The van der Waals surface area contributed by atoms with E-state index in [-0.39, 0.29) is 17.5 Å². The molecule has 0 heterocycles. The van der Waals surface area contributed by atoms with E-state index in [0.717, 1.165) is 0 Å². The lowest BCUT2D eigenvalue weighted by Crippen LogP contribution is -2.13. The van der Waals surface area contributed by atoms with Crippen LogP contribution in [-0.4, -0.2) is 16.7 Å². The number of anilines is 2. The zero-order chi connectivity index (χ0) is 17.0. The van der Waals surface area contributed by atoms with Gasteiger partial charge >= 0.3 is 0 Å². The minimum Gasteiger partial charge on any atom is -0.326 e. The molecule has 0 saturated carbocycles. The number of nitro groups is 1. The summed E-state index contributed by atoms with van der Waals surface area (Å²) in [6.45, 7) is 2.97. The fraction of sp³-hybridized carbons (Fsp3) is 0.125. The van der Waals surface area contributed by atoms with Gasteiger partial charge in [-0.3, -0.25) is 19.7 Å². The summed E-state index contributed by atoms with van der Waals surface area (Å²) in [6, 6.07) is 10.9. The highest BCUT2D eigenvalue weighted by Crippen LogP contribution is 2.20. The Balaban J connectivity index is 2.17. The van der Waals surface area contributed by atoms with Gasteiger partial charge in [0.1, 0.15) is 0 Å². The molecule has 2 rings (SSSR count). The van der Waals surface area contributed by atoms with Crippen molar-refractivity contribution in [2.45, 2.75) is 13.8 Å². The number of carbonyl (C=O) groups is 2. The van der Waals surface area contributed by atoms with Gasteiger partial charge in [0.15, 0.2) is 0 Å². The summed E-state index contributed by atoms with van der Waals surface area (Å²) in [5.74, 6) is -0.595. The molecule has 2 amide bonds. The molecule has 23 heavy (non-hydrogen) atoms. The number of nitrogens with one attached hydrogen (secondary N) is 2. The van der Waals surface area contributed by atoms with E-state index in [1.54, 1.807) is 31.2 Å². The molecule has 2 N–H and O–H groups in total. The standard InChI is InChI=1S/C16H15N3O4/c1-10-8-12(6-7-15(10)19(22)23)16(21)18-14-5-3-4-13(9-14)17-11(2)20/h3-9H,1-2H3,(H,17,20)(H,18,21). The molecule has 7 heteroatoms. The first-order valence-electron chi connectivity index (χ1n) is 6.81. The van der Waals surface area contributed by atoms with E-state index in [1.165, 1.54) is 25.1 Å². The third-order valence-corrected chi connectivity index (χ3v) is 3.10. The molecule has 0 unspecified atom stereocenters. The highest BCUT2D eigenvalue weighted by molar-refractivity contribution is 6.05. The molecule has 0 aliphatic carbocycles. The molecule has 0 radical (unpaired) electrons. The van der Waals surface area contributed by atoms with E-state index in [4.69, 9.17) is 0 Å². The van der Waals surface area contributed by atoms with Gasteiger partial charge in [-0.05, 0) is 37.3 Å². The minimum absolute atomic E-state index is 0.0331. The second-order valence-corrected chi connectivity index (χ2v) is 4.97. The Kier molecular flexibility index (Phi) is 4.70. The Bertz CT molecular complexity index is 787. The first-order chi connectivity index (χ1) is 10.9. The van der Waals surface area contributed by atoms with Gasteiger partial charge in [-0.1, -0.05) is 6.07 Å². The molecule has 2 aromatic carbocycles. The number of nitro benzene ring substituents is 1. The molecule has 7 nitrogen and oxygen atoms in total. The van der Waals surface area contributed by atoms with Crippen LogP contribution in [0.4, 0.5) is 17.1 Å². The fourth-order valence-electron chi connectivity index (χ4n) is 2.08. The summed E-state index contributed by atoms with van der Waals surface area (Å²) in [4.78, 5) is 33.5. The van der Waals surface area contributed by atoms with Crippen LogP contribution in [0.15, 0.2) is 42.5 Å². The van der Waals surface area contributed by atoms with Crippen LogP contribution in [0.2, 0.25) is 0 Å². The lowest BCUT2D eigenvalue weighted by molar-refractivity contribution is -0.385. The third-order valence-electron chi connectivity index (χ3n) is 3.10. The van der Waals surface area contributed by atoms with Crippen LogP contribution in [0.3, 0.4) is 0 Å². The maximum absolute atomic E-state index is 12.2. The molecule has 118 valence electrons. The van der Waals surface area contributed by atoms with Crippen molar-refractivity contribution in [2.24, 2.45) is 0 Å². The first kappa shape index (κ1) is 16.2. The number of aryl methyl sites for hydroxylation is 1. The van der Waals surface area contributed by atoms with E-state index < -0.39 is 4.92 Å². The van der Waals surface area contributed by atoms with Crippen molar-refractivity contribution in [2.75, 3.05) is 10.6 Å². The zero-order valence-corrected chi connectivity index (χ0v) is 12.6. The quantitative estimate of drug-likeness (QED) is 0.668. The van der Waals surface area contributed by atoms with Crippen LogP contribution < -0.4 is 10.6 Å². The number of carbonyl (C=O) groups excluding carboxylic acids is 2. The van der Waals surface area contributed by atoms with Crippen LogP contribution >= 0.6 is 0 Å². The number of nitrogens with zero attached hydrogens (tertiary/aromatic N) is 1. The Labute approximate surface area is 132 Å². The molecule has 2 aromatic rings. The van der Waals surface area contributed by atoms with E-state index >= 15 is 0 Å². The van der Waals surface area contributed by atoms with Crippen molar-refractivity contribution in [3.63, 3.8) is 0 Å². The summed E-state index contributed by atoms with van der Waals surface area (Å²) >= 11 is 0. The second-order valence-electron chi connectivity index (χ2n) is 4.97. The monoisotopic (exact) mass is 313 g/mol. The smallest absolute Gasteiger partial charge is 0.272 e. The fourth-order valence-corrected chi connectivity index (χ4v) is 2.08. The van der Waals surface area contributed by atoms with E-state index in [2.05, 4.69) is 10.6 Å². The highest BCUT2D eigenvalue weighted by Gasteiger charge is 2.14. The normalized spacial score (nSPS) is 10.0. The maximum Gasteiger partial charge on any atom is 0.272 e. The summed E-state index contributed by atoms with van der Waals surface area (Å²) < 4.78 is 0. The number of amides is 2. The Morgan fingerprint density at radius 2 is 1.70 bits per heavy atom. The summed E-state index contributed by atoms with van der Waals surface area (Å²) in [6.07, 6.45) is 0. The van der Waals surface area contributed by atoms with Crippen molar-refractivity contribution in [1.82, 2.24) is 0 Å². The van der Waals surface area contributed by atoms with Gasteiger partial charge in [-0.15, -0.1) is 0 Å². The zero-order valence-electron chi connectivity index (χ0n) is 12.6. The van der Waals surface area contributed by atoms with Gasteiger partial charge in [0, 0.05) is 35.5 Å². The molecule has 0 saturated heterocycles. The minimum atomic E-state index is -0.492. The molecule has 0 spiro atoms. The number of benzene rings is 2. The number of rotatable bonds is 4. The Morgan fingerprint density at radius 3 is 2.26 bits per heavy atom. The van der Waals surface area contributed by atoms with Crippen molar-refractivity contribution in [1.29, 1.82) is 0 Å². The van der Waals surface area contributed by atoms with Gasteiger partial charge < -0.3 is 10.6 Å². The molecule has 0 bridgehead atoms. The second kappa shape index (κ2) is 6.69. The van der Waals surface area contributed by atoms with Crippen molar-refractivity contribution < 1.29 is 14.5 Å². The van der Waals surface area contributed by atoms with Gasteiger partial charge in [-0.2, -0.15) is 0 Å². The lowest BCUT2D eigenvalue weighted by atomic mass is 10.1. The topological polar surface area (TPSA) is 101 Å². The average molecular weight is 313 g/mol. The SMILES string of the molecule is CC(=O)Nc1cccc(NC(=O)c2ccc([N+](=O)[O-])c(C)c2)c1. The summed E-state index contributed by atoms with van der Waals surface area (Å²) in [5.41, 5.74) is 1.77. The van der Waals surface area contributed by atoms with E-state index in [0.29, 0.717) is 22.5 Å². The summed E-state index contributed by atoms with van der Waals surface area (Å²) in [7, 11) is 0. The maximum atomic E-state index is 12.2. The Morgan fingerprint density at radius 1 is 1.04 bits per heavy atom. The van der Waals surface area contributed by atoms with Gasteiger partial charge in [-0.25, -0.2) is 0 Å². The van der Waals surface area contributed by atoms with E-state index in [1.807, 2.05) is 0 Å². The summed E-state index contributed by atoms with van der Waals surface area (Å²) in [5, 5.41) is 16.1. The van der Waals surface area contributed by atoms with Crippen molar-refractivity contribution >= 4 is 28.9 Å². The van der Waals surface area contributed by atoms with Crippen molar-refractivity contribution in [3.8, 4) is 0 Å². The molecule has 0 atom stereocenters. The number of hydrogen-bond donors (Lipinski definition) is 2.